The van der Waals surface area contributed by atoms with E-state index < -0.39 is 0 Å². The van der Waals surface area contributed by atoms with Gasteiger partial charge in [-0.05, 0) is 25.3 Å². The molecule has 2 heterocycles. The van der Waals surface area contributed by atoms with E-state index in [1.54, 1.807) is 20.5 Å². The van der Waals surface area contributed by atoms with Crippen molar-refractivity contribution < 1.29 is 9.47 Å². The van der Waals surface area contributed by atoms with Crippen LogP contribution in [0.25, 0.3) is 0 Å². The van der Waals surface area contributed by atoms with Crippen molar-refractivity contribution in [3.05, 3.63) is 12.4 Å². The topological polar surface area (TPSA) is 59.5 Å². The zero-order valence-corrected chi connectivity index (χ0v) is 12.3. The molecule has 1 N–H and O–H groups in total. The second kappa shape index (κ2) is 8.01. The Morgan fingerprint density at radius 1 is 1.40 bits per heavy atom. The lowest BCUT2D eigenvalue weighted by atomic mass is 9.98. The van der Waals surface area contributed by atoms with Crippen LogP contribution in [0.2, 0.25) is 0 Å². The van der Waals surface area contributed by atoms with Crippen molar-refractivity contribution in [2.75, 3.05) is 51.9 Å². The minimum Gasteiger partial charge on any atom is -0.481 e. The Balaban J connectivity index is 1.86. The quantitative estimate of drug-likeness (QED) is 0.750. The van der Waals surface area contributed by atoms with E-state index in [2.05, 4.69) is 20.2 Å². The molecule has 1 aromatic heterocycles. The summed E-state index contributed by atoms with van der Waals surface area (Å²) in [6, 6.07) is 1.90. The maximum atomic E-state index is 5.16. The van der Waals surface area contributed by atoms with Crippen LogP contribution in [-0.2, 0) is 4.74 Å². The van der Waals surface area contributed by atoms with Gasteiger partial charge in [-0.15, -0.1) is 0 Å². The molecule has 0 amide bonds. The summed E-state index contributed by atoms with van der Waals surface area (Å²) >= 11 is 0. The summed E-state index contributed by atoms with van der Waals surface area (Å²) in [5.41, 5.74) is 0. The molecule has 1 unspecified atom stereocenters. The van der Waals surface area contributed by atoms with Gasteiger partial charge in [0.1, 0.15) is 12.1 Å². The molecule has 6 heteroatoms. The van der Waals surface area contributed by atoms with Crippen LogP contribution in [0.15, 0.2) is 12.4 Å². The molecule has 0 aromatic carbocycles. The van der Waals surface area contributed by atoms with Gasteiger partial charge in [0.2, 0.25) is 5.88 Å². The molecule has 1 fully saturated rings. The molecule has 1 aromatic rings. The zero-order valence-electron chi connectivity index (χ0n) is 12.3. The fourth-order valence-electron chi connectivity index (χ4n) is 2.53. The third-order valence-corrected chi connectivity index (χ3v) is 3.60. The number of methoxy groups -OCH3 is 2. The molecule has 1 aliphatic heterocycles. The highest BCUT2D eigenvalue weighted by molar-refractivity contribution is 5.41. The number of ether oxygens (including phenoxy) is 2. The minimum atomic E-state index is 0.621. The Kier molecular flexibility index (Phi) is 6.01. The lowest BCUT2D eigenvalue weighted by molar-refractivity contribution is 0.197. The largest absolute Gasteiger partial charge is 0.481 e. The van der Waals surface area contributed by atoms with Gasteiger partial charge in [-0.25, -0.2) is 9.97 Å². The van der Waals surface area contributed by atoms with Crippen LogP contribution >= 0.6 is 0 Å². The maximum absolute atomic E-state index is 5.16. The summed E-state index contributed by atoms with van der Waals surface area (Å²) in [6.45, 7) is 4.78. The minimum absolute atomic E-state index is 0.621. The molecule has 0 saturated carbocycles. The van der Waals surface area contributed by atoms with E-state index >= 15 is 0 Å². The first-order chi connectivity index (χ1) is 9.83. The molecule has 20 heavy (non-hydrogen) atoms. The third kappa shape index (κ3) is 4.31. The highest BCUT2D eigenvalue weighted by Gasteiger charge is 2.21. The molecule has 1 atom stereocenters. The number of hydrogen-bond acceptors (Lipinski definition) is 6. The molecule has 0 spiro atoms. The van der Waals surface area contributed by atoms with Gasteiger partial charge < -0.3 is 19.7 Å². The summed E-state index contributed by atoms with van der Waals surface area (Å²) < 4.78 is 10.2. The van der Waals surface area contributed by atoms with Crippen LogP contribution in [0.1, 0.15) is 12.8 Å². The van der Waals surface area contributed by atoms with E-state index in [0.29, 0.717) is 11.8 Å². The number of hydrogen-bond donors (Lipinski definition) is 1. The Morgan fingerprint density at radius 3 is 3.10 bits per heavy atom. The highest BCUT2D eigenvalue weighted by atomic mass is 16.5. The SMILES string of the molecule is COCCNCC1CCCN(c2cc(OC)ncn2)C1. The molecule has 0 bridgehead atoms. The number of piperidine rings is 1. The summed E-state index contributed by atoms with van der Waals surface area (Å²) in [4.78, 5) is 10.7. The Labute approximate surface area is 120 Å². The van der Waals surface area contributed by atoms with Crippen LogP contribution < -0.4 is 15.0 Å². The molecular formula is C14H24N4O2. The molecule has 2 rings (SSSR count). The Morgan fingerprint density at radius 2 is 2.30 bits per heavy atom. The first kappa shape index (κ1) is 15.0. The Bertz CT molecular complexity index is 403. The van der Waals surface area contributed by atoms with E-state index in [4.69, 9.17) is 9.47 Å². The number of nitrogens with zero attached hydrogens (tertiary/aromatic N) is 3. The summed E-state index contributed by atoms with van der Waals surface area (Å²) in [5, 5.41) is 3.44. The predicted octanol–water partition coefficient (Wildman–Crippen LogP) is 0.938. The third-order valence-electron chi connectivity index (χ3n) is 3.60. The van der Waals surface area contributed by atoms with Gasteiger partial charge in [-0.2, -0.15) is 0 Å². The van der Waals surface area contributed by atoms with E-state index in [1.165, 1.54) is 12.8 Å². The van der Waals surface area contributed by atoms with Crippen molar-refractivity contribution in [1.82, 2.24) is 15.3 Å². The van der Waals surface area contributed by atoms with Gasteiger partial charge in [0, 0.05) is 32.8 Å². The fraction of sp³-hybridized carbons (Fsp3) is 0.714. The smallest absolute Gasteiger partial charge is 0.218 e. The molecule has 6 nitrogen and oxygen atoms in total. The van der Waals surface area contributed by atoms with Crippen LogP contribution in [0.3, 0.4) is 0 Å². The maximum Gasteiger partial charge on any atom is 0.218 e. The van der Waals surface area contributed by atoms with Gasteiger partial charge in [0.25, 0.3) is 0 Å². The average molecular weight is 280 g/mol. The molecular weight excluding hydrogens is 256 g/mol. The van der Waals surface area contributed by atoms with Crippen molar-refractivity contribution in [2.45, 2.75) is 12.8 Å². The summed E-state index contributed by atoms with van der Waals surface area (Å²) in [7, 11) is 3.36. The number of rotatable bonds is 7. The van der Waals surface area contributed by atoms with Gasteiger partial charge in [0.05, 0.1) is 13.7 Å². The van der Waals surface area contributed by atoms with Crippen molar-refractivity contribution in [3.8, 4) is 5.88 Å². The van der Waals surface area contributed by atoms with Crippen LogP contribution in [0.5, 0.6) is 5.88 Å². The second-order valence-electron chi connectivity index (χ2n) is 5.07. The standard InChI is InChI=1S/C14H24N4O2/c1-19-7-5-15-9-12-4-3-6-18(10-12)13-8-14(20-2)17-11-16-13/h8,11-12,15H,3-7,9-10H2,1-2H3. The van der Waals surface area contributed by atoms with E-state index in [-0.39, 0.29) is 0 Å². The Hall–Kier alpha value is -1.40. The average Bonchev–Trinajstić information content (AvgIpc) is 2.52. The summed E-state index contributed by atoms with van der Waals surface area (Å²) in [6.07, 6.45) is 4.02. The van der Waals surface area contributed by atoms with Crippen molar-refractivity contribution in [1.29, 1.82) is 0 Å². The fourth-order valence-corrected chi connectivity index (χ4v) is 2.53. The van der Waals surface area contributed by atoms with Crippen LogP contribution in [0, 0.1) is 5.92 Å². The molecule has 112 valence electrons. The van der Waals surface area contributed by atoms with E-state index in [9.17, 15) is 0 Å². The van der Waals surface area contributed by atoms with Crippen LogP contribution in [0.4, 0.5) is 5.82 Å². The van der Waals surface area contributed by atoms with Crippen molar-refractivity contribution in [3.63, 3.8) is 0 Å². The molecule has 1 aliphatic rings. The summed E-state index contributed by atoms with van der Waals surface area (Å²) in [5.74, 6) is 2.23. The number of aromatic nitrogens is 2. The predicted molar refractivity (Wildman–Crippen MR) is 78.3 cm³/mol. The van der Waals surface area contributed by atoms with Gasteiger partial charge in [0.15, 0.2) is 0 Å². The van der Waals surface area contributed by atoms with Crippen molar-refractivity contribution >= 4 is 5.82 Å². The lowest BCUT2D eigenvalue weighted by Gasteiger charge is -2.33. The molecule has 1 saturated heterocycles. The first-order valence-corrected chi connectivity index (χ1v) is 7.14. The van der Waals surface area contributed by atoms with Crippen LogP contribution in [-0.4, -0.2) is 57.0 Å². The van der Waals surface area contributed by atoms with E-state index in [0.717, 1.165) is 38.6 Å². The zero-order chi connectivity index (χ0) is 14.2. The lowest BCUT2D eigenvalue weighted by Crippen LogP contribution is -2.40. The molecule has 0 aliphatic carbocycles. The van der Waals surface area contributed by atoms with Gasteiger partial charge in [-0.3, -0.25) is 0 Å². The van der Waals surface area contributed by atoms with E-state index in [1.807, 2.05) is 6.07 Å². The normalized spacial score (nSPS) is 19.1. The first-order valence-electron chi connectivity index (χ1n) is 7.14. The molecule has 0 radical (unpaired) electrons. The van der Waals surface area contributed by atoms with Crippen molar-refractivity contribution in [2.24, 2.45) is 5.92 Å². The monoisotopic (exact) mass is 280 g/mol. The number of anilines is 1. The van der Waals surface area contributed by atoms with Gasteiger partial charge in [-0.1, -0.05) is 0 Å². The van der Waals surface area contributed by atoms with Gasteiger partial charge >= 0.3 is 0 Å². The number of nitrogens with one attached hydrogen (secondary N) is 1. The highest BCUT2D eigenvalue weighted by Crippen LogP contribution is 2.22. The second-order valence-corrected chi connectivity index (χ2v) is 5.07.